The van der Waals surface area contributed by atoms with Gasteiger partial charge in [-0.3, -0.25) is 0 Å². The lowest BCUT2D eigenvalue weighted by Crippen LogP contribution is -2.18. The summed E-state index contributed by atoms with van der Waals surface area (Å²) in [7, 11) is 0. The average Bonchev–Trinajstić information content (AvgIpc) is 2.08. The van der Waals surface area contributed by atoms with E-state index in [1.165, 1.54) is 0 Å². The van der Waals surface area contributed by atoms with E-state index < -0.39 is 0 Å². The molecule has 0 saturated heterocycles. The van der Waals surface area contributed by atoms with Crippen molar-refractivity contribution in [2.24, 2.45) is 16.7 Å². The van der Waals surface area contributed by atoms with Crippen LogP contribution in [-0.4, -0.2) is 16.0 Å². The van der Waals surface area contributed by atoms with E-state index in [9.17, 15) is 0 Å². The Morgan fingerprint density at radius 3 is 2.67 bits per heavy atom. The van der Waals surface area contributed by atoms with Gasteiger partial charge in [0.15, 0.2) is 5.84 Å². The van der Waals surface area contributed by atoms with E-state index in [1.807, 2.05) is 6.92 Å². The van der Waals surface area contributed by atoms with Crippen molar-refractivity contribution >= 4 is 5.84 Å². The Kier molecular flexibility index (Phi) is 2.23. The highest BCUT2D eigenvalue weighted by Gasteiger charge is 2.04. The fraction of sp³-hybridized carbons (Fsp3) is 0.286. The maximum absolute atomic E-state index is 5.52. The zero-order valence-electron chi connectivity index (χ0n) is 7.07. The van der Waals surface area contributed by atoms with Gasteiger partial charge in [0.1, 0.15) is 0 Å². The summed E-state index contributed by atoms with van der Waals surface area (Å²) in [5.74, 6) is 5.32. The molecule has 0 unspecified atom stereocenters. The first-order chi connectivity index (χ1) is 5.65. The van der Waals surface area contributed by atoms with Crippen LogP contribution in [0.2, 0.25) is 0 Å². The SMILES string of the molecule is Cc1cc(/C(N)=N/N)c(C)nn1. The highest BCUT2D eigenvalue weighted by Crippen LogP contribution is 2.03. The van der Waals surface area contributed by atoms with Crippen LogP contribution in [0.25, 0.3) is 0 Å². The van der Waals surface area contributed by atoms with E-state index in [4.69, 9.17) is 11.6 Å². The van der Waals surface area contributed by atoms with Gasteiger partial charge in [0.05, 0.1) is 11.4 Å². The van der Waals surface area contributed by atoms with Crippen LogP contribution in [0.3, 0.4) is 0 Å². The molecule has 4 N–H and O–H groups in total. The Labute approximate surface area is 70.5 Å². The molecular weight excluding hydrogens is 154 g/mol. The Bertz CT molecular complexity index is 318. The fourth-order valence-electron chi connectivity index (χ4n) is 0.879. The number of aryl methyl sites for hydroxylation is 2. The molecule has 0 spiro atoms. The van der Waals surface area contributed by atoms with Crippen LogP contribution in [0.4, 0.5) is 0 Å². The number of hydrogen-bond acceptors (Lipinski definition) is 4. The number of hydrazone groups is 1. The van der Waals surface area contributed by atoms with Gasteiger partial charge < -0.3 is 11.6 Å². The minimum atomic E-state index is 0.283. The highest BCUT2D eigenvalue weighted by atomic mass is 15.2. The summed E-state index contributed by atoms with van der Waals surface area (Å²) in [6.45, 7) is 3.64. The lowest BCUT2D eigenvalue weighted by atomic mass is 10.2. The minimum Gasteiger partial charge on any atom is -0.382 e. The Morgan fingerprint density at radius 2 is 2.08 bits per heavy atom. The molecule has 0 amide bonds. The molecule has 0 aromatic carbocycles. The zero-order valence-corrected chi connectivity index (χ0v) is 7.07. The molecule has 0 atom stereocenters. The molecule has 0 radical (unpaired) electrons. The molecule has 1 heterocycles. The maximum Gasteiger partial charge on any atom is 0.152 e. The summed E-state index contributed by atoms with van der Waals surface area (Å²) in [5, 5.41) is 11.1. The van der Waals surface area contributed by atoms with Crippen LogP contribution in [0.15, 0.2) is 11.2 Å². The molecule has 0 saturated carbocycles. The lowest BCUT2D eigenvalue weighted by molar-refractivity contribution is 0.934. The second kappa shape index (κ2) is 3.17. The van der Waals surface area contributed by atoms with Crippen LogP contribution < -0.4 is 11.6 Å². The predicted octanol–water partition coefficient (Wildman–Crippen LogP) is -0.328. The van der Waals surface area contributed by atoms with E-state index in [2.05, 4.69) is 15.3 Å². The number of nitrogens with zero attached hydrogens (tertiary/aromatic N) is 3. The van der Waals surface area contributed by atoms with Crippen molar-refractivity contribution in [1.82, 2.24) is 10.2 Å². The second-order valence-corrected chi connectivity index (χ2v) is 2.50. The molecule has 5 nitrogen and oxygen atoms in total. The quantitative estimate of drug-likeness (QED) is 0.258. The summed E-state index contributed by atoms with van der Waals surface area (Å²) in [4.78, 5) is 0. The maximum atomic E-state index is 5.52. The zero-order chi connectivity index (χ0) is 9.14. The second-order valence-electron chi connectivity index (χ2n) is 2.50. The molecule has 5 heteroatoms. The molecule has 1 rings (SSSR count). The van der Waals surface area contributed by atoms with Crippen molar-refractivity contribution in [2.75, 3.05) is 0 Å². The van der Waals surface area contributed by atoms with Gasteiger partial charge in [0.2, 0.25) is 0 Å². The van der Waals surface area contributed by atoms with Crippen LogP contribution in [-0.2, 0) is 0 Å². The predicted molar refractivity (Wildman–Crippen MR) is 46.4 cm³/mol. The summed E-state index contributed by atoms with van der Waals surface area (Å²) >= 11 is 0. The third kappa shape index (κ3) is 1.50. The first-order valence-corrected chi connectivity index (χ1v) is 3.50. The molecule has 0 fully saturated rings. The molecule has 0 aliphatic rings. The largest absolute Gasteiger partial charge is 0.382 e. The fourth-order valence-corrected chi connectivity index (χ4v) is 0.879. The molecule has 0 aliphatic carbocycles. The van der Waals surface area contributed by atoms with Gasteiger partial charge in [-0.25, -0.2) is 0 Å². The number of hydrogen-bond donors (Lipinski definition) is 2. The van der Waals surface area contributed by atoms with E-state index in [1.54, 1.807) is 13.0 Å². The molecule has 12 heavy (non-hydrogen) atoms. The molecule has 0 aliphatic heterocycles. The van der Waals surface area contributed by atoms with Gasteiger partial charge in [0, 0.05) is 5.56 Å². The van der Waals surface area contributed by atoms with Crippen LogP contribution >= 0.6 is 0 Å². The summed E-state index contributed by atoms with van der Waals surface area (Å²) in [6, 6.07) is 1.80. The van der Waals surface area contributed by atoms with Gasteiger partial charge in [-0.05, 0) is 19.9 Å². The third-order valence-corrected chi connectivity index (χ3v) is 1.52. The van der Waals surface area contributed by atoms with Crippen molar-refractivity contribution < 1.29 is 0 Å². The van der Waals surface area contributed by atoms with Gasteiger partial charge in [-0.2, -0.15) is 15.3 Å². The number of amidine groups is 1. The number of aromatic nitrogens is 2. The van der Waals surface area contributed by atoms with E-state index >= 15 is 0 Å². The highest BCUT2D eigenvalue weighted by molar-refractivity contribution is 5.98. The summed E-state index contributed by atoms with van der Waals surface area (Å²) in [5.41, 5.74) is 7.78. The van der Waals surface area contributed by atoms with Gasteiger partial charge in [-0.1, -0.05) is 0 Å². The molecular formula is C7H11N5. The van der Waals surface area contributed by atoms with Crippen LogP contribution in [0, 0.1) is 13.8 Å². The van der Waals surface area contributed by atoms with Crippen molar-refractivity contribution in [1.29, 1.82) is 0 Å². The summed E-state index contributed by atoms with van der Waals surface area (Å²) in [6.07, 6.45) is 0. The minimum absolute atomic E-state index is 0.283. The normalized spacial score (nSPS) is 11.7. The monoisotopic (exact) mass is 165 g/mol. The van der Waals surface area contributed by atoms with Crippen molar-refractivity contribution in [3.8, 4) is 0 Å². The first kappa shape index (κ1) is 8.45. The Hall–Kier alpha value is -1.65. The molecule has 1 aromatic heterocycles. The Balaban J connectivity index is 3.23. The molecule has 1 aromatic rings. The van der Waals surface area contributed by atoms with Crippen molar-refractivity contribution in [3.63, 3.8) is 0 Å². The molecule has 0 bridgehead atoms. The first-order valence-electron chi connectivity index (χ1n) is 3.50. The average molecular weight is 165 g/mol. The number of nitrogens with two attached hydrogens (primary N) is 2. The topological polar surface area (TPSA) is 90.2 Å². The summed E-state index contributed by atoms with van der Waals surface area (Å²) < 4.78 is 0. The van der Waals surface area contributed by atoms with E-state index in [-0.39, 0.29) is 5.84 Å². The third-order valence-electron chi connectivity index (χ3n) is 1.52. The van der Waals surface area contributed by atoms with Crippen molar-refractivity contribution in [2.45, 2.75) is 13.8 Å². The van der Waals surface area contributed by atoms with Crippen molar-refractivity contribution in [3.05, 3.63) is 23.0 Å². The van der Waals surface area contributed by atoms with E-state index in [0.29, 0.717) is 0 Å². The van der Waals surface area contributed by atoms with Crippen LogP contribution in [0.1, 0.15) is 17.0 Å². The van der Waals surface area contributed by atoms with Gasteiger partial charge in [-0.15, -0.1) is 0 Å². The van der Waals surface area contributed by atoms with Gasteiger partial charge in [0.25, 0.3) is 0 Å². The number of rotatable bonds is 1. The standard InChI is InChI=1S/C7H11N5/c1-4-3-6(7(8)10-9)5(2)12-11-4/h3H,9H2,1-2H3,(H2,8,10). The Morgan fingerprint density at radius 1 is 1.42 bits per heavy atom. The molecule has 64 valence electrons. The smallest absolute Gasteiger partial charge is 0.152 e. The van der Waals surface area contributed by atoms with Crippen LogP contribution in [0.5, 0.6) is 0 Å². The van der Waals surface area contributed by atoms with Gasteiger partial charge >= 0.3 is 0 Å². The van der Waals surface area contributed by atoms with E-state index in [0.717, 1.165) is 17.0 Å². The lowest BCUT2D eigenvalue weighted by Gasteiger charge is -2.02.